The van der Waals surface area contributed by atoms with Crippen molar-refractivity contribution in [2.75, 3.05) is 41.8 Å². The summed E-state index contributed by atoms with van der Waals surface area (Å²) in [6, 6.07) is 10.4. The summed E-state index contributed by atoms with van der Waals surface area (Å²) in [5.41, 5.74) is 13.2. The zero-order chi connectivity index (χ0) is 23.2. The van der Waals surface area contributed by atoms with Gasteiger partial charge in [-0.25, -0.2) is 9.97 Å². The van der Waals surface area contributed by atoms with Crippen LogP contribution in [0.15, 0.2) is 42.7 Å². The molecule has 4 N–H and O–H groups in total. The van der Waals surface area contributed by atoms with E-state index in [1.807, 2.05) is 24.5 Å². The largest absolute Gasteiger partial charge is 0.369 e. The molecule has 0 saturated carbocycles. The van der Waals surface area contributed by atoms with Gasteiger partial charge < -0.3 is 26.2 Å². The summed E-state index contributed by atoms with van der Waals surface area (Å²) in [5, 5.41) is 6.39. The van der Waals surface area contributed by atoms with Crippen molar-refractivity contribution in [1.82, 2.24) is 15.3 Å². The molecule has 1 amide bonds. The number of hydrogen-bond donors (Lipinski definition) is 3. The Bertz CT molecular complexity index is 1260. The fourth-order valence-electron chi connectivity index (χ4n) is 5.43. The van der Waals surface area contributed by atoms with Crippen LogP contribution < -0.4 is 26.2 Å². The maximum Gasteiger partial charge on any atom is 0.254 e. The molecular formula is C26H29N7O. The summed E-state index contributed by atoms with van der Waals surface area (Å²) in [4.78, 5) is 26.5. The second kappa shape index (κ2) is 8.29. The second-order valence-corrected chi connectivity index (χ2v) is 9.40. The van der Waals surface area contributed by atoms with Gasteiger partial charge in [0, 0.05) is 51.0 Å². The van der Waals surface area contributed by atoms with E-state index in [2.05, 4.69) is 55.6 Å². The minimum Gasteiger partial charge on any atom is -0.369 e. The number of likely N-dealkylation sites (N-methyl/N-ethyl adjacent to an activating group) is 1. The van der Waals surface area contributed by atoms with Crippen molar-refractivity contribution in [2.24, 2.45) is 5.73 Å². The lowest BCUT2D eigenvalue weighted by Gasteiger charge is -2.32. The van der Waals surface area contributed by atoms with Gasteiger partial charge in [-0.3, -0.25) is 4.79 Å². The van der Waals surface area contributed by atoms with E-state index >= 15 is 0 Å². The van der Waals surface area contributed by atoms with Crippen molar-refractivity contribution in [3.8, 4) is 11.1 Å². The van der Waals surface area contributed by atoms with Gasteiger partial charge in [0.25, 0.3) is 5.91 Å². The molecule has 8 nitrogen and oxygen atoms in total. The topological polar surface area (TPSA) is 99.4 Å². The summed E-state index contributed by atoms with van der Waals surface area (Å²) in [6.45, 7) is 3.35. The summed E-state index contributed by atoms with van der Waals surface area (Å²) in [5.74, 6) is 1.69. The van der Waals surface area contributed by atoms with E-state index in [0.717, 1.165) is 72.8 Å². The molecular weight excluding hydrogens is 426 g/mol. The maximum atomic E-state index is 12.8. The minimum absolute atomic E-state index is 0.0545. The normalized spacial score (nSPS) is 19.1. The van der Waals surface area contributed by atoms with Crippen molar-refractivity contribution in [1.29, 1.82) is 0 Å². The highest BCUT2D eigenvalue weighted by molar-refractivity contribution is 6.06. The van der Waals surface area contributed by atoms with Gasteiger partial charge in [0.05, 0.1) is 23.1 Å². The molecule has 0 radical (unpaired) electrons. The Morgan fingerprint density at radius 2 is 1.97 bits per heavy atom. The summed E-state index contributed by atoms with van der Waals surface area (Å²) >= 11 is 0. The Balaban J connectivity index is 1.31. The minimum atomic E-state index is -0.0545. The molecule has 174 valence electrons. The molecule has 3 aliphatic rings. The third-order valence-electron chi connectivity index (χ3n) is 7.18. The highest BCUT2D eigenvalue weighted by atomic mass is 16.1. The van der Waals surface area contributed by atoms with Gasteiger partial charge in [-0.2, -0.15) is 0 Å². The number of rotatable bonds is 4. The second-order valence-electron chi connectivity index (χ2n) is 9.40. The van der Waals surface area contributed by atoms with Crippen molar-refractivity contribution in [3.05, 3.63) is 59.4 Å². The van der Waals surface area contributed by atoms with Crippen molar-refractivity contribution in [3.63, 3.8) is 0 Å². The average Bonchev–Trinajstić information content (AvgIpc) is 3.43. The first kappa shape index (κ1) is 20.9. The zero-order valence-corrected chi connectivity index (χ0v) is 19.3. The smallest absolute Gasteiger partial charge is 0.254 e. The molecule has 3 aromatic rings. The van der Waals surface area contributed by atoms with Gasteiger partial charge in [-0.15, -0.1) is 0 Å². The predicted octanol–water partition coefficient (Wildman–Crippen LogP) is 3.05. The van der Waals surface area contributed by atoms with Gasteiger partial charge in [-0.05, 0) is 60.2 Å². The number of hydrogen-bond acceptors (Lipinski definition) is 7. The SMILES string of the molecule is CN1CCc2c(-c3ccc(Nc4ccc(N5CCC[C@H](N)C5)cn4)c4c3CNC4=O)ccnc21. The number of nitrogens with zero attached hydrogens (tertiary/aromatic N) is 4. The molecule has 6 rings (SSSR count). The molecule has 0 unspecified atom stereocenters. The fraction of sp³-hybridized carbons (Fsp3) is 0.346. The number of nitrogens with one attached hydrogen (secondary N) is 2. The first-order valence-electron chi connectivity index (χ1n) is 12.0. The third-order valence-corrected chi connectivity index (χ3v) is 7.18. The average molecular weight is 456 g/mol. The third kappa shape index (κ3) is 3.54. The number of carbonyl (C=O) groups is 1. The molecule has 34 heavy (non-hydrogen) atoms. The molecule has 2 aromatic heterocycles. The van der Waals surface area contributed by atoms with Crippen LogP contribution >= 0.6 is 0 Å². The Labute approximate surface area is 199 Å². The van der Waals surface area contributed by atoms with Gasteiger partial charge in [0.1, 0.15) is 11.6 Å². The van der Waals surface area contributed by atoms with Gasteiger partial charge in [0.2, 0.25) is 0 Å². The number of carbonyl (C=O) groups excluding carboxylic acids is 1. The monoisotopic (exact) mass is 455 g/mol. The Morgan fingerprint density at radius 1 is 1.09 bits per heavy atom. The number of aromatic nitrogens is 2. The fourth-order valence-corrected chi connectivity index (χ4v) is 5.43. The first-order chi connectivity index (χ1) is 16.6. The number of fused-ring (bicyclic) bond motifs is 2. The molecule has 0 bridgehead atoms. The maximum absolute atomic E-state index is 12.8. The molecule has 3 aliphatic heterocycles. The number of anilines is 4. The summed E-state index contributed by atoms with van der Waals surface area (Å²) in [6.07, 6.45) is 6.88. The van der Waals surface area contributed by atoms with Crippen LogP contribution in [0.5, 0.6) is 0 Å². The highest BCUT2D eigenvalue weighted by Crippen LogP contribution is 2.39. The summed E-state index contributed by atoms with van der Waals surface area (Å²) < 4.78 is 0. The van der Waals surface area contributed by atoms with Crippen LogP contribution in [0.4, 0.5) is 23.0 Å². The van der Waals surface area contributed by atoms with E-state index in [1.165, 1.54) is 5.56 Å². The number of piperidine rings is 1. The standard InChI is InChI=1S/C26H29N7O/c1-32-12-9-20-19(8-10-28-25(20)32)18-5-6-22(24-21(18)14-30-26(24)34)31-23-7-4-17(13-29-23)33-11-2-3-16(27)15-33/h4-8,10,13,16H,2-3,9,11-12,14-15,27H2,1H3,(H,29,31)(H,30,34)/t16-/m0/s1. The number of pyridine rings is 2. The van der Waals surface area contributed by atoms with Crippen molar-refractivity contribution < 1.29 is 4.79 Å². The lowest BCUT2D eigenvalue weighted by atomic mass is 9.92. The Kier molecular flexibility index (Phi) is 5.10. The predicted molar refractivity (Wildman–Crippen MR) is 135 cm³/mol. The van der Waals surface area contributed by atoms with Crippen LogP contribution in [0, 0.1) is 0 Å². The van der Waals surface area contributed by atoms with E-state index < -0.39 is 0 Å². The van der Waals surface area contributed by atoms with Crippen LogP contribution in [-0.2, 0) is 13.0 Å². The van der Waals surface area contributed by atoms with Crippen LogP contribution in [0.2, 0.25) is 0 Å². The van der Waals surface area contributed by atoms with E-state index in [1.54, 1.807) is 0 Å². The van der Waals surface area contributed by atoms with Gasteiger partial charge >= 0.3 is 0 Å². The van der Waals surface area contributed by atoms with Crippen molar-refractivity contribution >= 4 is 28.9 Å². The number of benzene rings is 1. The Morgan fingerprint density at radius 3 is 2.79 bits per heavy atom. The molecule has 1 aromatic carbocycles. The van der Waals surface area contributed by atoms with Crippen LogP contribution in [-0.4, -0.2) is 48.6 Å². The molecule has 1 saturated heterocycles. The zero-order valence-electron chi connectivity index (χ0n) is 19.3. The van der Waals surface area contributed by atoms with Crippen molar-refractivity contribution in [2.45, 2.75) is 31.8 Å². The molecule has 5 heterocycles. The number of nitrogens with two attached hydrogens (primary N) is 1. The van der Waals surface area contributed by atoms with Crippen LogP contribution in [0.3, 0.4) is 0 Å². The highest BCUT2D eigenvalue weighted by Gasteiger charge is 2.29. The molecule has 8 heteroatoms. The van der Waals surface area contributed by atoms with E-state index in [0.29, 0.717) is 17.9 Å². The van der Waals surface area contributed by atoms with Crippen LogP contribution in [0.25, 0.3) is 11.1 Å². The van der Waals surface area contributed by atoms with Gasteiger partial charge in [0.15, 0.2) is 0 Å². The molecule has 1 fully saturated rings. The van der Waals surface area contributed by atoms with Crippen LogP contribution in [0.1, 0.15) is 34.3 Å². The number of amides is 1. The summed E-state index contributed by atoms with van der Waals surface area (Å²) in [7, 11) is 2.07. The van der Waals surface area contributed by atoms with E-state index in [9.17, 15) is 4.79 Å². The lowest BCUT2D eigenvalue weighted by Crippen LogP contribution is -2.42. The Hall–Kier alpha value is -3.65. The van der Waals surface area contributed by atoms with E-state index in [-0.39, 0.29) is 11.9 Å². The van der Waals surface area contributed by atoms with E-state index in [4.69, 9.17) is 5.73 Å². The quantitative estimate of drug-likeness (QED) is 0.556. The lowest BCUT2D eigenvalue weighted by molar-refractivity contribution is 0.0966. The molecule has 0 aliphatic carbocycles. The first-order valence-corrected chi connectivity index (χ1v) is 12.0. The molecule has 1 atom stereocenters. The van der Waals surface area contributed by atoms with Gasteiger partial charge in [-0.1, -0.05) is 6.07 Å². The molecule has 0 spiro atoms.